The van der Waals surface area contributed by atoms with Crippen LogP contribution >= 0.6 is 0 Å². The average molecular weight is 132 g/mol. The maximum absolute atomic E-state index is 9.46. The van der Waals surface area contributed by atoms with Gasteiger partial charge in [0.25, 0.3) is 0 Å². The third-order valence-electron chi connectivity index (χ3n) is 0.607. The Morgan fingerprint density at radius 2 is 2.00 bits per heavy atom. The molecule has 0 aromatic rings. The summed E-state index contributed by atoms with van der Waals surface area (Å²) in [7, 11) is 0. The molecular weight excluding hydrogens is 120 g/mol. The number of carbonyl (C=O) groups is 1. The fourth-order valence-corrected chi connectivity index (χ4v) is 0.0873. The van der Waals surface area contributed by atoms with E-state index in [1.165, 1.54) is 19.3 Å². The number of hydrogen-bond acceptors (Lipinski definition) is 3. The molecule has 4 nitrogen and oxygen atoms in total. The first-order chi connectivity index (χ1) is 4.27. The Morgan fingerprint density at radius 3 is 2.00 bits per heavy atom. The molecule has 0 radical (unpaired) electrons. The van der Waals surface area contributed by atoms with Gasteiger partial charge in [-0.05, 0) is 0 Å². The molecule has 4 N–H and O–H groups in total. The third kappa shape index (κ3) is 18.7. The fourth-order valence-electron chi connectivity index (χ4n) is 0.0873. The second-order valence-electron chi connectivity index (χ2n) is 1.84. The SMILES string of the molecule is C1CC1.NNCC(=O)O. The molecule has 0 spiro atoms. The molecule has 1 saturated carbocycles. The summed E-state index contributed by atoms with van der Waals surface area (Å²) in [5.74, 6) is 3.65. The lowest BCUT2D eigenvalue weighted by molar-refractivity contribution is -0.135. The van der Waals surface area contributed by atoms with Crippen LogP contribution in [0.1, 0.15) is 19.3 Å². The zero-order valence-corrected chi connectivity index (χ0v) is 5.26. The molecule has 1 rings (SSSR count). The molecule has 0 amide bonds. The van der Waals surface area contributed by atoms with Crippen LogP contribution in [0.15, 0.2) is 0 Å². The van der Waals surface area contributed by atoms with Gasteiger partial charge in [0.15, 0.2) is 0 Å². The van der Waals surface area contributed by atoms with Crippen molar-refractivity contribution in [2.24, 2.45) is 5.84 Å². The molecule has 1 aliphatic rings. The Bertz CT molecular complexity index is 80.3. The van der Waals surface area contributed by atoms with Gasteiger partial charge in [-0.15, -0.1) is 0 Å². The molecular formula is C5H12N2O2. The van der Waals surface area contributed by atoms with Crippen molar-refractivity contribution in [1.29, 1.82) is 0 Å². The van der Waals surface area contributed by atoms with Gasteiger partial charge in [-0.25, -0.2) is 5.43 Å². The molecule has 4 heteroatoms. The molecule has 0 aromatic carbocycles. The Kier molecular flexibility index (Phi) is 5.15. The highest BCUT2D eigenvalue weighted by Gasteiger charge is 1.95. The maximum atomic E-state index is 9.46. The number of nitrogens with one attached hydrogen (secondary N) is 1. The maximum Gasteiger partial charge on any atom is 0.318 e. The topological polar surface area (TPSA) is 75.3 Å². The highest BCUT2D eigenvalue weighted by atomic mass is 16.4. The van der Waals surface area contributed by atoms with Gasteiger partial charge in [0.2, 0.25) is 0 Å². The average Bonchev–Trinajstić information content (AvgIpc) is 2.45. The second-order valence-corrected chi connectivity index (χ2v) is 1.84. The highest BCUT2D eigenvalue weighted by molar-refractivity contribution is 5.68. The van der Waals surface area contributed by atoms with Crippen LogP contribution in [0.25, 0.3) is 0 Å². The predicted octanol–water partition coefficient (Wildman–Crippen LogP) is -0.295. The van der Waals surface area contributed by atoms with Gasteiger partial charge in [0.05, 0.1) is 0 Å². The van der Waals surface area contributed by atoms with Crippen molar-refractivity contribution in [2.45, 2.75) is 19.3 Å². The first kappa shape index (κ1) is 8.39. The van der Waals surface area contributed by atoms with E-state index in [-0.39, 0.29) is 6.54 Å². The number of hydrogen-bond donors (Lipinski definition) is 3. The first-order valence-electron chi connectivity index (χ1n) is 2.92. The molecule has 0 atom stereocenters. The molecule has 0 aromatic heterocycles. The molecule has 0 bridgehead atoms. The number of aliphatic carboxylic acids is 1. The van der Waals surface area contributed by atoms with E-state index in [1.54, 1.807) is 0 Å². The van der Waals surface area contributed by atoms with Crippen molar-refractivity contribution < 1.29 is 9.90 Å². The van der Waals surface area contributed by atoms with Crippen LogP contribution in [-0.4, -0.2) is 17.6 Å². The lowest BCUT2D eigenvalue weighted by Crippen LogP contribution is -2.28. The summed E-state index contributed by atoms with van der Waals surface area (Å²) in [6.45, 7) is -0.181. The van der Waals surface area contributed by atoms with E-state index < -0.39 is 5.97 Å². The van der Waals surface area contributed by atoms with Crippen LogP contribution in [0.5, 0.6) is 0 Å². The zero-order chi connectivity index (χ0) is 7.11. The Balaban J connectivity index is 0.000000173. The fraction of sp³-hybridized carbons (Fsp3) is 0.800. The summed E-state index contributed by atoms with van der Waals surface area (Å²) in [6.07, 6.45) is 4.50. The van der Waals surface area contributed by atoms with E-state index in [2.05, 4.69) is 5.84 Å². The lowest BCUT2D eigenvalue weighted by Gasteiger charge is -1.84. The molecule has 0 unspecified atom stereocenters. The van der Waals surface area contributed by atoms with E-state index in [0.717, 1.165) is 0 Å². The Morgan fingerprint density at radius 1 is 1.56 bits per heavy atom. The van der Waals surface area contributed by atoms with Gasteiger partial charge in [-0.3, -0.25) is 10.6 Å². The number of carboxylic acids is 1. The molecule has 1 aliphatic carbocycles. The molecule has 54 valence electrons. The van der Waals surface area contributed by atoms with E-state index in [9.17, 15) is 4.79 Å². The minimum absolute atomic E-state index is 0.181. The summed E-state index contributed by atoms with van der Waals surface area (Å²) in [6, 6.07) is 0. The van der Waals surface area contributed by atoms with Crippen molar-refractivity contribution in [3.8, 4) is 0 Å². The number of rotatable bonds is 2. The first-order valence-corrected chi connectivity index (χ1v) is 2.92. The number of nitrogens with two attached hydrogens (primary N) is 1. The van der Waals surface area contributed by atoms with Gasteiger partial charge >= 0.3 is 5.97 Å². The smallest absolute Gasteiger partial charge is 0.318 e. The van der Waals surface area contributed by atoms with Crippen LogP contribution in [-0.2, 0) is 4.79 Å². The predicted molar refractivity (Wildman–Crippen MR) is 33.7 cm³/mol. The minimum atomic E-state index is -0.947. The molecule has 0 aliphatic heterocycles. The Labute approximate surface area is 54.0 Å². The van der Waals surface area contributed by atoms with Crippen molar-refractivity contribution in [3.05, 3.63) is 0 Å². The standard InChI is InChI=1S/C3H6.C2H6N2O2/c1-2-3-1;3-4-1-2(5)6/h1-3H2;4H,1,3H2,(H,5,6). The number of carboxylic acid groups (broad SMARTS) is 1. The quantitative estimate of drug-likeness (QED) is 0.356. The van der Waals surface area contributed by atoms with E-state index in [1.807, 2.05) is 5.43 Å². The van der Waals surface area contributed by atoms with E-state index in [4.69, 9.17) is 5.11 Å². The largest absolute Gasteiger partial charge is 0.480 e. The van der Waals surface area contributed by atoms with Crippen LogP contribution in [0.3, 0.4) is 0 Å². The van der Waals surface area contributed by atoms with E-state index >= 15 is 0 Å². The molecule has 0 saturated heterocycles. The van der Waals surface area contributed by atoms with Gasteiger partial charge in [-0.1, -0.05) is 19.3 Å². The van der Waals surface area contributed by atoms with Crippen molar-refractivity contribution in [3.63, 3.8) is 0 Å². The summed E-state index contributed by atoms with van der Waals surface area (Å²) in [4.78, 5) is 9.46. The summed E-state index contributed by atoms with van der Waals surface area (Å²) < 4.78 is 0. The summed E-state index contributed by atoms with van der Waals surface area (Å²) in [5.41, 5.74) is 1.97. The van der Waals surface area contributed by atoms with Crippen LogP contribution in [0.2, 0.25) is 0 Å². The van der Waals surface area contributed by atoms with Gasteiger partial charge < -0.3 is 5.11 Å². The summed E-state index contributed by atoms with van der Waals surface area (Å²) >= 11 is 0. The van der Waals surface area contributed by atoms with Crippen molar-refractivity contribution >= 4 is 5.97 Å². The van der Waals surface area contributed by atoms with Crippen molar-refractivity contribution in [2.75, 3.05) is 6.54 Å². The van der Waals surface area contributed by atoms with Gasteiger partial charge in [0.1, 0.15) is 6.54 Å². The van der Waals surface area contributed by atoms with Crippen LogP contribution in [0, 0.1) is 0 Å². The van der Waals surface area contributed by atoms with Crippen LogP contribution in [0.4, 0.5) is 0 Å². The molecule has 9 heavy (non-hydrogen) atoms. The third-order valence-corrected chi connectivity index (χ3v) is 0.607. The molecule has 0 heterocycles. The van der Waals surface area contributed by atoms with Gasteiger partial charge in [-0.2, -0.15) is 0 Å². The molecule has 1 fully saturated rings. The van der Waals surface area contributed by atoms with Crippen molar-refractivity contribution in [1.82, 2.24) is 5.43 Å². The summed E-state index contributed by atoms with van der Waals surface area (Å²) in [5, 5.41) is 7.77. The normalized spacial score (nSPS) is 13.4. The lowest BCUT2D eigenvalue weighted by atomic mass is 10.7. The Hall–Kier alpha value is -0.610. The zero-order valence-electron chi connectivity index (χ0n) is 5.26. The monoisotopic (exact) mass is 132 g/mol. The second kappa shape index (κ2) is 5.53. The van der Waals surface area contributed by atoms with Gasteiger partial charge in [0, 0.05) is 0 Å². The van der Waals surface area contributed by atoms with Crippen LogP contribution < -0.4 is 11.3 Å². The minimum Gasteiger partial charge on any atom is -0.480 e. The highest BCUT2D eigenvalue weighted by Crippen LogP contribution is 2.14. The van der Waals surface area contributed by atoms with E-state index in [0.29, 0.717) is 0 Å². The number of hydrazine groups is 1.